The molecule has 0 atom stereocenters. The van der Waals surface area contributed by atoms with Gasteiger partial charge in [-0.3, -0.25) is 4.79 Å². The van der Waals surface area contributed by atoms with E-state index in [0.29, 0.717) is 17.1 Å². The summed E-state index contributed by atoms with van der Waals surface area (Å²) in [6.45, 7) is 0. The van der Waals surface area contributed by atoms with Gasteiger partial charge < -0.3 is 15.5 Å². The van der Waals surface area contributed by atoms with Crippen molar-refractivity contribution in [2.24, 2.45) is 0 Å². The fourth-order valence-electron chi connectivity index (χ4n) is 3.03. The minimum Gasteiger partial charge on any atom is -0.494 e. The van der Waals surface area contributed by atoms with Crippen LogP contribution in [0, 0.1) is 5.41 Å². The van der Waals surface area contributed by atoms with E-state index in [1.54, 1.807) is 35.5 Å². The van der Waals surface area contributed by atoms with Crippen molar-refractivity contribution in [1.29, 1.82) is 5.41 Å². The zero-order chi connectivity index (χ0) is 21.6. The van der Waals surface area contributed by atoms with E-state index in [4.69, 9.17) is 10.1 Å². The predicted molar refractivity (Wildman–Crippen MR) is 124 cm³/mol. The van der Waals surface area contributed by atoms with Crippen LogP contribution in [0.25, 0.3) is 22.0 Å². The Labute approximate surface area is 182 Å². The van der Waals surface area contributed by atoms with E-state index >= 15 is 0 Å². The van der Waals surface area contributed by atoms with Crippen molar-refractivity contribution in [3.8, 4) is 22.0 Å². The smallest absolute Gasteiger partial charge is 0.209 e. The summed E-state index contributed by atoms with van der Waals surface area (Å²) in [5.41, 5.74) is 2.77. The number of hydrogen-bond donors (Lipinski definition) is 2. The van der Waals surface area contributed by atoms with Crippen LogP contribution in [0.4, 0.5) is 5.69 Å². The van der Waals surface area contributed by atoms with Crippen LogP contribution in [0.5, 0.6) is 5.75 Å². The predicted octanol–water partition coefficient (Wildman–Crippen LogP) is 4.47. The molecule has 2 aromatic heterocycles. The fourth-order valence-corrected chi connectivity index (χ4v) is 3.67. The highest BCUT2D eigenvalue weighted by Gasteiger charge is 2.14. The SMILES string of the molecule is COc1cc(-c2nccs2)ccc1-n1ccc(=O)c(/C(=C/C=N)Nc2ccccc2)n1. The quantitative estimate of drug-likeness (QED) is 0.423. The molecule has 7 nitrogen and oxygen atoms in total. The molecular weight excluding hydrogens is 410 g/mol. The molecule has 0 aliphatic carbocycles. The first-order chi connectivity index (χ1) is 15.2. The Balaban J connectivity index is 1.76. The molecule has 154 valence electrons. The standard InChI is InChI=1S/C23H19N5O2S/c1-30-21-15-16(23-25-12-14-31-23)7-8-19(21)28-13-10-20(29)22(27-28)18(9-11-24)26-17-5-3-2-4-6-17/h2-15,24,26H,1H3/b18-9-,24-11?. The number of nitrogens with zero attached hydrogens (tertiary/aromatic N) is 3. The van der Waals surface area contributed by atoms with Crippen molar-refractivity contribution in [1.82, 2.24) is 14.8 Å². The summed E-state index contributed by atoms with van der Waals surface area (Å²) in [4.78, 5) is 16.9. The van der Waals surface area contributed by atoms with E-state index in [9.17, 15) is 4.79 Å². The van der Waals surface area contributed by atoms with Gasteiger partial charge in [-0.1, -0.05) is 18.2 Å². The summed E-state index contributed by atoms with van der Waals surface area (Å²) in [5.74, 6) is 0.600. The van der Waals surface area contributed by atoms with Gasteiger partial charge in [-0.25, -0.2) is 9.67 Å². The molecule has 31 heavy (non-hydrogen) atoms. The minimum atomic E-state index is -0.258. The topological polar surface area (TPSA) is 92.9 Å². The second-order valence-electron chi connectivity index (χ2n) is 6.44. The highest BCUT2D eigenvalue weighted by molar-refractivity contribution is 7.13. The molecule has 0 saturated carbocycles. The molecule has 0 aliphatic rings. The largest absolute Gasteiger partial charge is 0.494 e. The Morgan fingerprint density at radius 1 is 1.19 bits per heavy atom. The van der Waals surface area contributed by atoms with Crippen LogP contribution in [0.1, 0.15) is 5.69 Å². The second-order valence-corrected chi connectivity index (χ2v) is 7.33. The summed E-state index contributed by atoms with van der Waals surface area (Å²) in [7, 11) is 1.59. The van der Waals surface area contributed by atoms with Crippen LogP contribution in [-0.2, 0) is 0 Å². The van der Waals surface area contributed by atoms with E-state index in [-0.39, 0.29) is 11.1 Å². The van der Waals surface area contributed by atoms with Crippen molar-refractivity contribution < 1.29 is 4.74 Å². The molecule has 0 amide bonds. The lowest BCUT2D eigenvalue weighted by Crippen LogP contribution is -2.18. The summed E-state index contributed by atoms with van der Waals surface area (Å²) in [5, 5.41) is 18.0. The van der Waals surface area contributed by atoms with E-state index < -0.39 is 0 Å². The van der Waals surface area contributed by atoms with Gasteiger partial charge in [-0.15, -0.1) is 11.3 Å². The first-order valence-electron chi connectivity index (χ1n) is 9.41. The Morgan fingerprint density at radius 3 is 2.74 bits per heavy atom. The molecule has 0 aliphatic heterocycles. The Hall–Kier alpha value is -4.04. The zero-order valence-corrected chi connectivity index (χ0v) is 17.5. The normalized spacial score (nSPS) is 11.2. The highest BCUT2D eigenvalue weighted by atomic mass is 32.1. The second kappa shape index (κ2) is 9.19. The van der Waals surface area contributed by atoms with Crippen LogP contribution in [0.2, 0.25) is 0 Å². The summed E-state index contributed by atoms with van der Waals surface area (Å²) < 4.78 is 7.17. The van der Waals surface area contributed by atoms with Gasteiger partial charge in [0, 0.05) is 41.3 Å². The minimum absolute atomic E-state index is 0.195. The third kappa shape index (κ3) is 4.44. The monoisotopic (exact) mass is 429 g/mol. The van der Waals surface area contributed by atoms with E-state index in [1.807, 2.05) is 53.9 Å². The van der Waals surface area contributed by atoms with Crippen LogP contribution in [0.3, 0.4) is 0 Å². The van der Waals surface area contributed by atoms with Gasteiger partial charge in [0.2, 0.25) is 5.43 Å². The number of ether oxygens (including phenoxy) is 1. The number of thiazole rings is 1. The lowest BCUT2D eigenvalue weighted by molar-refractivity contribution is 0.411. The molecule has 0 bridgehead atoms. The molecular formula is C23H19N5O2S. The maximum atomic E-state index is 12.6. The molecule has 2 N–H and O–H groups in total. The molecule has 4 rings (SSSR count). The van der Waals surface area contributed by atoms with Crippen molar-refractivity contribution in [3.05, 3.63) is 94.4 Å². The number of rotatable bonds is 7. The number of aromatic nitrogens is 3. The van der Waals surface area contributed by atoms with Gasteiger partial charge in [0.05, 0.1) is 12.8 Å². The number of hydrogen-bond acceptors (Lipinski definition) is 7. The van der Waals surface area contributed by atoms with Gasteiger partial charge in [-0.05, 0) is 36.4 Å². The lowest BCUT2D eigenvalue weighted by Gasteiger charge is -2.14. The molecule has 0 radical (unpaired) electrons. The number of anilines is 1. The molecule has 0 saturated heterocycles. The Bertz CT molecular complexity index is 1280. The maximum absolute atomic E-state index is 12.6. The number of nitrogens with one attached hydrogen (secondary N) is 2. The van der Waals surface area contributed by atoms with Gasteiger partial charge >= 0.3 is 0 Å². The van der Waals surface area contributed by atoms with E-state index in [1.165, 1.54) is 12.1 Å². The summed E-state index contributed by atoms with van der Waals surface area (Å²) in [6, 6.07) is 16.6. The van der Waals surface area contributed by atoms with Gasteiger partial charge in [-0.2, -0.15) is 5.10 Å². The molecule has 2 heterocycles. The van der Waals surface area contributed by atoms with Gasteiger partial charge in [0.25, 0.3) is 0 Å². The first-order valence-corrected chi connectivity index (χ1v) is 10.3. The van der Waals surface area contributed by atoms with Gasteiger partial charge in [0.15, 0.2) is 5.69 Å². The van der Waals surface area contributed by atoms with Crippen molar-refractivity contribution >= 4 is 28.9 Å². The molecule has 0 spiro atoms. The van der Waals surface area contributed by atoms with Crippen LogP contribution in [0.15, 0.2) is 83.2 Å². The van der Waals surface area contributed by atoms with E-state index in [0.717, 1.165) is 22.5 Å². The number of benzene rings is 2. The first kappa shape index (κ1) is 20.2. The molecule has 4 aromatic rings. The average molecular weight is 430 g/mol. The summed E-state index contributed by atoms with van der Waals surface area (Å²) >= 11 is 1.54. The number of methoxy groups -OCH3 is 1. The fraction of sp³-hybridized carbons (Fsp3) is 0.0435. The molecule has 2 aromatic carbocycles. The van der Waals surface area contributed by atoms with Crippen molar-refractivity contribution in [2.45, 2.75) is 0 Å². The summed E-state index contributed by atoms with van der Waals surface area (Å²) in [6.07, 6.45) is 5.97. The maximum Gasteiger partial charge on any atom is 0.209 e. The highest BCUT2D eigenvalue weighted by Crippen LogP contribution is 2.30. The van der Waals surface area contributed by atoms with Crippen LogP contribution >= 0.6 is 11.3 Å². The van der Waals surface area contributed by atoms with Crippen LogP contribution < -0.4 is 15.5 Å². The average Bonchev–Trinajstić information content (AvgIpc) is 3.35. The number of allylic oxidation sites excluding steroid dienone is 1. The van der Waals surface area contributed by atoms with Crippen molar-refractivity contribution in [3.63, 3.8) is 0 Å². The lowest BCUT2D eigenvalue weighted by atomic mass is 10.2. The third-order valence-electron chi connectivity index (χ3n) is 4.47. The number of para-hydroxylation sites is 1. The Morgan fingerprint density at radius 2 is 2.03 bits per heavy atom. The van der Waals surface area contributed by atoms with E-state index in [2.05, 4.69) is 15.4 Å². The van der Waals surface area contributed by atoms with Crippen LogP contribution in [-0.4, -0.2) is 28.1 Å². The molecule has 0 unspecified atom stereocenters. The zero-order valence-electron chi connectivity index (χ0n) is 16.6. The van der Waals surface area contributed by atoms with Gasteiger partial charge in [0.1, 0.15) is 16.4 Å². The molecule has 0 fully saturated rings. The molecule has 8 heteroatoms. The van der Waals surface area contributed by atoms with Crippen molar-refractivity contribution in [2.75, 3.05) is 12.4 Å². The Kier molecular flexibility index (Phi) is 6.00. The third-order valence-corrected chi connectivity index (χ3v) is 5.29.